The van der Waals surface area contributed by atoms with Gasteiger partial charge in [0.25, 0.3) is 0 Å². The van der Waals surface area contributed by atoms with Crippen LogP contribution in [0, 0.1) is 0 Å². The SMILES string of the molecule is CCN=C(N)NC1CCc2ccccc21. The summed E-state index contributed by atoms with van der Waals surface area (Å²) in [6, 6.07) is 8.86. The topological polar surface area (TPSA) is 50.4 Å². The number of benzene rings is 1. The van der Waals surface area contributed by atoms with Crippen LogP contribution in [0.2, 0.25) is 0 Å². The van der Waals surface area contributed by atoms with Gasteiger partial charge in [0.05, 0.1) is 6.04 Å². The third kappa shape index (κ3) is 2.12. The van der Waals surface area contributed by atoms with Crippen LogP contribution in [0.25, 0.3) is 0 Å². The number of aliphatic imine (C=N–C) groups is 1. The van der Waals surface area contributed by atoms with E-state index in [9.17, 15) is 0 Å². The molecule has 3 nitrogen and oxygen atoms in total. The number of hydrogen-bond donors (Lipinski definition) is 2. The maximum Gasteiger partial charge on any atom is 0.189 e. The van der Waals surface area contributed by atoms with Gasteiger partial charge in [0, 0.05) is 6.54 Å². The van der Waals surface area contributed by atoms with Gasteiger partial charge in [0.2, 0.25) is 0 Å². The third-order valence-corrected chi connectivity index (χ3v) is 2.78. The summed E-state index contributed by atoms with van der Waals surface area (Å²) in [5.41, 5.74) is 8.56. The molecule has 15 heavy (non-hydrogen) atoms. The molecule has 0 heterocycles. The van der Waals surface area contributed by atoms with Crippen LogP contribution in [-0.4, -0.2) is 12.5 Å². The fourth-order valence-electron chi connectivity index (χ4n) is 2.10. The maximum absolute atomic E-state index is 5.76. The van der Waals surface area contributed by atoms with Crippen LogP contribution in [0.4, 0.5) is 0 Å². The van der Waals surface area contributed by atoms with E-state index in [4.69, 9.17) is 5.73 Å². The van der Waals surface area contributed by atoms with Gasteiger partial charge in [-0.05, 0) is 30.9 Å². The van der Waals surface area contributed by atoms with Gasteiger partial charge in [0.15, 0.2) is 5.96 Å². The predicted molar refractivity (Wildman–Crippen MR) is 62.8 cm³/mol. The molecule has 1 aromatic rings. The first-order chi connectivity index (χ1) is 7.31. The summed E-state index contributed by atoms with van der Waals surface area (Å²) in [7, 11) is 0. The summed E-state index contributed by atoms with van der Waals surface area (Å²) in [5, 5.41) is 3.26. The average molecular weight is 203 g/mol. The van der Waals surface area contributed by atoms with Crippen molar-refractivity contribution in [1.29, 1.82) is 0 Å². The average Bonchev–Trinajstić information content (AvgIpc) is 2.62. The highest BCUT2D eigenvalue weighted by atomic mass is 15.1. The Morgan fingerprint density at radius 3 is 3.13 bits per heavy atom. The zero-order valence-corrected chi connectivity index (χ0v) is 9.03. The smallest absolute Gasteiger partial charge is 0.189 e. The zero-order chi connectivity index (χ0) is 10.7. The van der Waals surface area contributed by atoms with Crippen molar-refractivity contribution in [1.82, 2.24) is 5.32 Å². The van der Waals surface area contributed by atoms with E-state index in [0.29, 0.717) is 12.0 Å². The van der Waals surface area contributed by atoms with Crippen molar-refractivity contribution < 1.29 is 0 Å². The molecule has 1 aliphatic rings. The van der Waals surface area contributed by atoms with Gasteiger partial charge in [-0.1, -0.05) is 24.3 Å². The molecule has 0 amide bonds. The summed E-state index contributed by atoms with van der Waals surface area (Å²) >= 11 is 0. The molecule has 3 heteroatoms. The summed E-state index contributed by atoms with van der Waals surface area (Å²) in [6.45, 7) is 2.71. The molecule has 0 bridgehead atoms. The highest BCUT2D eigenvalue weighted by molar-refractivity contribution is 5.78. The molecule has 0 aromatic heterocycles. The van der Waals surface area contributed by atoms with E-state index in [0.717, 1.165) is 19.4 Å². The Morgan fingerprint density at radius 1 is 1.53 bits per heavy atom. The summed E-state index contributed by atoms with van der Waals surface area (Å²) in [5.74, 6) is 0.555. The molecule has 0 radical (unpaired) electrons. The number of fused-ring (bicyclic) bond motifs is 1. The van der Waals surface area contributed by atoms with Crippen LogP contribution >= 0.6 is 0 Å². The minimum atomic E-state index is 0.344. The molecule has 0 aliphatic heterocycles. The molecule has 2 rings (SSSR count). The van der Waals surface area contributed by atoms with Gasteiger partial charge in [-0.25, -0.2) is 0 Å². The highest BCUT2D eigenvalue weighted by Crippen LogP contribution is 2.30. The highest BCUT2D eigenvalue weighted by Gasteiger charge is 2.21. The van der Waals surface area contributed by atoms with Crippen LogP contribution in [-0.2, 0) is 6.42 Å². The standard InChI is InChI=1S/C12H17N3/c1-2-14-12(13)15-11-8-7-9-5-3-4-6-10(9)11/h3-6,11H,2,7-8H2,1H3,(H3,13,14,15). The van der Waals surface area contributed by atoms with E-state index in [1.807, 2.05) is 6.92 Å². The lowest BCUT2D eigenvalue weighted by Crippen LogP contribution is -2.34. The number of nitrogens with two attached hydrogens (primary N) is 1. The van der Waals surface area contributed by atoms with Crippen LogP contribution < -0.4 is 11.1 Å². The van der Waals surface area contributed by atoms with Gasteiger partial charge < -0.3 is 11.1 Å². The summed E-state index contributed by atoms with van der Waals surface area (Å²) < 4.78 is 0. The summed E-state index contributed by atoms with van der Waals surface area (Å²) in [4.78, 5) is 4.14. The second kappa shape index (κ2) is 4.34. The molecule has 1 unspecified atom stereocenters. The van der Waals surface area contributed by atoms with Crippen molar-refractivity contribution in [3.05, 3.63) is 35.4 Å². The third-order valence-electron chi connectivity index (χ3n) is 2.78. The Kier molecular flexibility index (Phi) is 2.90. The van der Waals surface area contributed by atoms with Crippen LogP contribution in [0.3, 0.4) is 0 Å². The van der Waals surface area contributed by atoms with E-state index >= 15 is 0 Å². The molecule has 0 saturated carbocycles. The van der Waals surface area contributed by atoms with Crippen molar-refractivity contribution >= 4 is 5.96 Å². The Balaban J connectivity index is 2.11. The molecule has 0 spiro atoms. The monoisotopic (exact) mass is 203 g/mol. The number of nitrogens with zero attached hydrogens (tertiary/aromatic N) is 1. The number of rotatable bonds is 2. The van der Waals surface area contributed by atoms with E-state index in [2.05, 4.69) is 34.6 Å². The number of aryl methyl sites for hydroxylation is 1. The molecule has 3 N–H and O–H groups in total. The Hall–Kier alpha value is -1.51. The van der Waals surface area contributed by atoms with Gasteiger partial charge in [-0.3, -0.25) is 4.99 Å². The van der Waals surface area contributed by atoms with E-state index in [-0.39, 0.29) is 0 Å². The molecule has 80 valence electrons. The number of guanidine groups is 1. The lowest BCUT2D eigenvalue weighted by atomic mass is 10.1. The fraction of sp³-hybridized carbons (Fsp3) is 0.417. The molecule has 0 saturated heterocycles. The minimum Gasteiger partial charge on any atom is -0.370 e. The second-order valence-electron chi connectivity index (χ2n) is 3.79. The number of nitrogens with one attached hydrogen (secondary N) is 1. The first-order valence-corrected chi connectivity index (χ1v) is 5.45. The van der Waals surface area contributed by atoms with Crippen LogP contribution in [0.5, 0.6) is 0 Å². The van der Waals surface area contributed by atoms with E-state index in [1.165, 1.54) is 11.1 Å². The molecule has 0 fully saturated rings. The van der Waals surface area contributed by atoms with Gasteiger partial charge >= 0.3 is 0 Å². The van der Waals surface area contributed by atoms with Crippen molar-refractivity contribution in [2.24, 2.45) is 10.7 Å². The predicted octanol–water partition coefficient (Wildman–Crippen LogP) is 1.60. The largest absolute Gasteiger partial charge is 0.370 e. The van der Waals surface area contributed by atoms with Crippen molar-refractivity contribution in [3.63, 3.8) is 0 Å². The lowest BCUT2D eigenvalue weighted by Gasteiger charge is -2.14. The minimum absolute atomic E-state index is 0.344. The van der Waals surface area contributed by atoms with Gasteiger partial charge in [-0.15, -0.1) is 0 Å². The Labute approximate surface area is 90.4 Å². The Morgan fingerprint density at radius 2 is 2.33 bits per heavy atom. The maximum atomic E-state index is 5.76. The lowest BCUT2D eigenvalue weighted by molar-refractivity contribution is 0.635. The summed E-state index contributed by atoms with van der Waals surface area (Å²) in [6.07, 6.45) is 2.24. The Bertz CT molecular complexity index is 371. The normalized spacial score (nSPS) is 20.1. The molecule has 1 atom stereocenters. The quantitative estimate of drug-likeness (QED) is 0.566. The van der Waals surface area contributed by atoms with E-state index in [1.54, 1.807) is 0 Å². The molecular formula is C12H17N3. The first-order valence-electron chi connectivity index (χ1n) is 5.45. The van der Waals surface area contributed by atoms with Gasteiger partial charge in [-0.2, -0.15) is 0 Å². The first kappa shape index (κ1) is 10.0. The van der Waals surface area contributed by atoms with Crippen LogP contribution in [0.1, 0.15) is 30.5 Å². The molecule has 1 aromatic carbocycles. The van der Waals surface area contributed by atoms with Crippen molar-refractivity contribution in [2.45, 2.75) is 25.8 Å². The zero-order valence-electron chi connectivity index (χ0n) is 9.03. The van der Waals surface area contributed by atoms with Crippen molar-refractivity contribution in [2.75, 3.05) is 6.54 Å². The van der Waals surface area contributed by atoms with E-state index < -0.39 is 0 Å². The van der Waals surface area contributed by atoms with Gasteiger partial charge in [0.1, 0.15) is 0 Å². The molecule has 1 aliphatic carbocycles. The fourth-order valence-corrected chi connectivity index (χ4v) is 2.10. The second-order valence-corrected chi connectivity index (χ2v) is 3.79. The van der Waals surface area contributed by atoms with Crippen LogP contribution in [0.15, 0.2) is 29.3 Å². The number of hydrogen-bond acceptors (Lipinski definition) is 1. The molecular weight excluding hydrogens is 186 g/mol. The van der Waals surface area contributed by atoms with Crippen molar-refractivity contribution in [3.8, 4) is 0 Å².